The normalized spacial score (nSPS) is 12.8. The fourth-order valence-electron chi connectivity index (χ4n) is 3.88. The van der Waals surface area contributed by atoms with E-state index < -0.39 is 12.1 Å². The molecule has 0 bridgehead atoms. The molecule has 5 N–H and O–H groups in total. The fourth-order valence-corrected chi connectivity index (χ4v) is 4.06. The Morgan fingerprint density at radius 1 is 1.16 bits per heavy atom. The standard InChI is InChI=1S/C23H24ClN5O2.C2HF3O2/c1-14-21(24)28-22(27-19-10-16-6-2-3-7-17(16)11-19)23(31)29(14)13-20(30)26-18-8-4-5-15(9-18)12-25;3-2(4,5)1(6)7/h2-9,19H,10-13,25H2,1H3,(H,26,30)(H,27,28);(H,6,7). The Kier molecular flexibility index (Phi) is 9.13. The van der Waals surface area contributed by atoms with Crippen LogP contribution >= 0.6 is 11.6 Å². The van der Waals surface area contributed by atoms with E-state index in [1.165, 1.54) is 15.7 Å². The van der Waals surface area contributed by atoms with E-state index in [9.17, 15) is 22.8 Å². The van der Waals surface area contributed by atoms with Crippen LogP contribution in [0.4, 0.5) is 24.7 Å². The van der Waals surface area contributed by atoms with Crippen LogP contribution < -0.4 is 21.9 Å². The van der Waals surface area contributed by atoms with E-state index in [1.54, 1.807) is 19.1 Å². The minimum atomic E-state index is -5.08. The molecule has 2 aromatic carbocycles. The van der Waals surface area contributed by atoms with Crippen molar-refractivity contribution in [1.82, 2.24) is 9.55 Å². The Hall–Kier alpha value is -3.90. The number of carboxylic acids is 1. The van der Waals surface area contributed by atoms with Gasteiger partial charge in [-0.05, 0) is 48.6 Å². The number of nitrogens with two attached hydrogens (primary N) is 1. The second-order valence-corrected chi connectivity index (χ2v) is 8.86. The van der Waals surface area contributed by atoms with Crippen LogP contribution in [0.25, 0.3) is 0 Å². The van der Waals surface area contributed by atoms with Gasteiger partial charge in [0.25, 0.3) is 5.56 Å². The SMILES string of the molecule is Cc1c(Cl)nc(NC2Cc3ccccc3C2)c(=O)n1CC(=O)Nc1cccc(CN)c1.O=C(O)C(F)(F)F. The molecule has 1 aliphatic rings. The molecule has 1 aliphatic carbocycles. The maximum atomic E-state index is 13.1. The van der Waals surface area contributed by atoms with Crippen molar-refractivity contribution in [1.29, 1.82) is 0 Å². The lowest BCUT2D eigenvalue weighted by molar-refractivity contribution is -0.192. The number of carbonyl (C=O) groups is 2. The number of fused-ring (bicyclic) bond motifs is 1. The monoisotopic (exact) mass is 551 g/mol. The van der Waals surface area contributed by atoms with Crippen molar-refractivity contribution >= 4 is 35.0 Å². The first kappa shape index (κ1) is 28.7. The summed E-state index contributed by atoms with van der Waals surface area (Å²) in [5.74, 6) is -2.93. The van der Waals surface area contributed by atoms with Crippen molar-refractivity contribution < 1.29 is 27.9 Å². The third-order valence-electron chi connectivity index (χ3n) is 5.74. The summed E-state index contributed by atoms with van der Waals surface area (Å²) >= 11 is 6.29. The number of nitrogens with zero attached hydrogens (tertiary/aromatic N) is 2. The van der Waals surface area contributed by atoms with E-state index in [1.807, 2.05) is 24.3 Å². The quantitative estimate of drug-likeness (QED) is 0.367. The maximum absolute atomic E-state index is 13.1. The molecule has 3 aromatic rings. The molecule has 1 aromatic heterocycles. The first-order valence-corrected chi connectivity index (χ1v) is 11.8. The van der Waals surface area contributed by atoms with Gasteiger partial charge in [-0.15, -0.1) is 0 Å². The molecule has 0 aliphatic heterocycles. The van der Waals surface area contributed by atoms with Gasteiger partial charge in [0, 0.05) is 18.3 Å². The van der Waals surface area contributed by atoms with Gasteiger partial charge in [0.2, 0.25) is 5.91 Å². The molecule has 38 heavy (non-hydrogen) atoms. The summed E-state index contributed by atoms with van der Waals surface area (Å²) in [4.78, 5) is 38.8. The maximum Gasteiger partial charge on any atom is 0.490 e. The highest BCUT2D eigenvalue weighted by atomic mass is 35.5. The van der Waals surface area contributed by atoms with Crippen LogP contribution in [0, 0.1) is 6.92 Å². The molecule has 9 nitrogen and oxygen atoms in total. The van der Waals surface area contributed by atoms with Gasteiger partial charge in [-0.2, -0.15) is 13.2 Å². The molecule has 0 unspecified atom stereocenters. The predicted molar refractivity (Wildman–Crippen MR) is 136 cm³/mol. The van der Waals surface area contributed by atoms with Gasteiger partial charge in [0.05, 0.1) is 5.69 Å². The summed E-state index contributed by atoms with van der Waals surface area (Å²) in [6, 6.07) is 15.5. The summed E-state index contributed by atoms with van der Waals surface area (Å²) < 4.78 is 33.1. The average molecular weight is 552 g/mol. The molecular weight excluding hydrogens is 527 g/mol. The number of aromatic nitrogens is 2. The second-order valence-electron chi connectivity index (χ2n) is 8.50. The smallest absolute Gasteiger partial charge is 0.475 e. The number of carboxylic acid groups (broad SMARTS) is 1. The largest absolute Gasteiger partial charge is 0.490 e. The predicted octanol–water partition coefficient (Wildman–Crippen LogP) is 3.52. The molecule has 1 amide bonds. The minimum absolute atomic E-state index is 0.0534. The van der Waals surface area contributed by atoms with Gasteiger partial charge in [-0.1, -0.05) is 48.0 Å². The topological polar surface area (TPSA) is 139 Å². The van der Waals surface area contributed by atoms with E-state index in [0.717, 1.165) is 18.4 Å². The van der Waals surface area contributed by atoms with Crippen molar-refractivity contribution in [2.75, 3.05) is 10.6 Å². The van der Waals surface area contributed by atoms with Gasteiger partial charge < -0.3 is 21.5 Å². The summed E-state index contributed by atoms with van der Waals surface area (Å²) in [5.41, 5.74) is 9.78. The van der Waals surface area contributed by atoms with Crippen LogP contribution in [0.5, 0.6) is 0 Å². The first-order valence-electron chi connectivity index (χ1n) is 11.4. The van der Waals surface area contributed by atoms with Gasteiger partial charge in [-0.3, -0.25) is 14.2 Å². The number of amides is 1. The molecule has 0 saturated heterocycles. The Morgan fingerprint density at radius 3 is 2.32 bits per heavy atom. The zero-order chi connectivity index (χ0) is 28.0. The van der Waals surface area contributed by atoms with E-state index >= 15 is 0 Å². The van der Waals surface area contributed by atoms with Crippen LogP contribution in [0.2, 0.25) is 5.15 Å². The van der Waals surface area contributed by atoms with Crippen LogP contribution in [-0.2, 0) is 35.5 Å². The number of rotatable bonds is 6. The second kappa shape index (κ2) is 12.1. The van der Waals surface area contributed by atoms with Crippen LogP contribution in [-0.4, -0.2) is 38.8 Å². The number of aliphatic carboxylic acids is 1. The molecule has 0 radical (unpaired) electrons. The van der Waals surface area contributed by atoms with E-state index in [0.29, 0.717) is 17.9 Å². The van der Waals surface area contributed by atoms with E-state index in [-0.39, 0.29) is 35.0 Å². The lowest BCUT2D eigenvalue weighted by Crippen LogP contribution is -2.34. The Morgan fingerprint density at radius 2 is 1.76 bits per heavy atom. The first-order chi connectivity index (χ1) is 17.9. The summed E-state index contributed by atoms with van der Waals surface area (Å²) in [6.45, 7) is 1.88. The third-order valence-corrected chi connectivity index (χ3v) is 6.10. The highest BCUT2D eigenvalue weighted by Crippen LogP contribution is 2.24. The minimum Gasteiger partial charge on any atom is -0.475 e. The van der Waals surface area contributed by atoms with Gasteiger partial charge in [-0.25, -0.2) is 9.78 Å². The summed E-state index contributed by atoms with van der Waals surface area (Å²) in [6.07, 6.45) is -3.47. The van der Waals surface area contributed by atoms with Crippen molar-refractivity contribution in [3.8, 4) is 0 Å². The molecule has 0 saturated carbocycles. The molecular formula is C25H25ClF3N5O4. The van der Waals surface area contributed by atoms with Crippen LogP contribution in [0.15, 0.2) is 53.3 Å². The lowest BCUT2D eigenvalue weighted by atomic mass is 10.1. The van der Waals surface area contributed by atoms with Gasteiger partial charge >= 0.3 is 12.1 Å². The number of hydrogen-bond donors (Lipinski definition) is 4. The van der Waals surface area contributed by atoms with Crippen molar-refractivity contribution in [2.24, 2.45) is 5.73 Å². The molecule has 1 heterocycles. The van der Waals surface area contributed by atoms with Gasteiger partial charge in [0.1, 0.15) is 6.54 Å². The third kappa shape index (κ3) is 7.33. The van der Waals surface area contributed by atoms with Crippen molar-refractivity contribution in [3.63, 3.8) is 0 Å². The van der Waals surface area contributed by atoms with E-state index in [2.05, 4.69) is 27.8 Å². The number of alkyl halides is 3. The van der Waals surface area contributed by atoms with Crippen molar-refractivity contribution in [2.45, 2.75) is 45.1 Å². The van der Waals surface area contributed by atoms with Gasteiger partial charge in [0.15, 0.2) is 11.0 Å². The van der Waals surface area contributed by atoms with Crippen LogP contribution in [0.3, 0.4) is 0 Å². The highest BCUT2D eigenvalue weighted by molar-refractivity contribution is 6.30. The summed E-state index contributed by atoms with van der Waals surface area (Å²) in [5, 5.41) is 13.3. The number of benzene rings is 2. The number of anilines is 2. The zero-order valence-electron chi connectivity index (χ0n) is 20.2. The van der Waals surface area contributed by atoms with Crippen molar-refractivity contribution in [3.05, 3.63) is 86.4 Å². The number of halogens is 4. The van der Waals surface area contributed by atoms with E-state index in [4.69, 9.17) is 27.2 Å². The Labute approximate surface area is 220 Å². The number of nitrogens with one attached hydrogen (secondary N) is 2. The Bertz CT molecular complexity index is 1370. The molecule has 4 rings (SSSR count). The zero-order valence-corrected chi connectivity index (χ0v) is 20.9. The highest BCUT2D eigenvalue weighted by Gasteiger charge is 2.38. The molecule has 0 atom stereocenters. The molecule has 0 spiro atoms. The fraction of sp³-hybridized carbons (Fsp3) is 0.280. The molecule has 202 valence electrons. The van der Waals surface area contributed by atoms with Crippen LogP contribution in [0.1, 0.15) is 22.4 Å². The lowest BCUT2D eigenvalue weighted by Gasteiger charge is -2.17. The Balaban J connectivity index is 0.000000505. The molecule has 0 fully saturated rings. The number of carbonyl (C=O) groups excluding carboxylic acids is 1. The molecule has 13 heteroatoms. The number of hydrogen-bond acceptors (Lipinski definition) is 6. The average Bonchev–Trinajstić information content (AvgIpc) is 3.27. The summed E-state index contributed by atoms with van der Waals surface area (Å²) in [7, 11) is 0.